The quantitative estimate of drug-likeness (QED) is 0.847. The van der Waals surface area contributed by atoms with Gasteiger partial charge in [0.05, 0.1) is 6.42 Å². The number of nitrogens with one attached hydrogen (secondary N) is 2. The summed E-state index contributed by atoms with van der Waals surface area (Å²) in [6, 6.07) is 12.8. The molecular formula is C17H18FN3O2. The smallest absolute Gasteiger partial charge is 0.269 e. The van der Waals surface area contributed by atoms with E-state index in [0.717, 1.165) is 5.69 Å². The molecule has 0 saturated heterocycles. The van der Waals surface area contributed by atoms with Gasteiger partial charge >= 0.3 is 0 Å². The van der Waals surface area contributed by atoms with E-state index < -0.39 is 17.6 Å². The maximum Gasteiger partial charge on any atom is 0.269 e. The maximum absolute atomic E-state index is 13.1. The van der Waals surface area contributed by atoms with Crippen molar-refractivity contribution in [3.05, 3.63) is 65.5 Å². The third-order valence-corrected chi connectivity index (χ3v) is 3.19. The number of rotatable bonds is 4. The highest BCUT2D eigenvalue weighted by molar-refractivity contribution is 5.96. The molecule has 0 saturated carbocycles. The van der Waals surface area contributed by atoms with Crippen LogP contribution in [0, 0.1) is 5.82 Å². The Morgan fingerprint density at radius 1 is 1.04 bits per heavy atom. The average Bonchev–Trinajstić information content (AvgIpc) is 2.52. The number of carbonyl (C=O) groups is 2. The molecule has 2 aromatic rings. The SMILES string of the molecule is CN(C)c1cccc(C(=O)NNC(=O)Cc2cccc(F)c2)c1. The highest BCUT2D eigenvalue weighted by Crippen LogP contribution is 2.13. The molecule has 2 N–H and O–H groups in total. The second kappa shape index (κ2) is 7.40. The number of halogens is 1. The van der Waals surface area contributed by atoms with E-state index in [2.05, 4.69) is 10.9 Å². The Bertz CT molecular complexity index is 716. The van der Waals surface area contributed by atoms with Gasteiger partial charge in [0.25, 0.3) is 5.91 Å². The molecule has 0 unspecified atom stereocenters. The van der Waals surface area contributed by atoms with E-state index in [1.165, 1.54) is 18.2 Å². The lowest BCUT2D eigenvalue weighted by Gasteiger charge is -2.13. The van der Waals surface area contributed by atoms with Crippen LogP contribution in [0.4, 0.5) is 10.1 Å². The van der Waals surface area contributed by atoms with E-state index in [0.29, 0.717) is 11.1 Å². The lowest BCUT2D eigenvalue weighted by atomic mass is 10.1. The first-order valence-electron chi connectivity index (χ1n) is 7.07. The van der Waals surface area contributed by atoms with Crippen LogP contribution in [0.25, 0.3) is 0 Å². The zero-order chi connectivity index (χ0) is 16.8. The molecule has 0 aliphatic rings. The predicted octanol–water partition coefficient (Wildman–Crippen LogP) is 1.90. The second-order valence-corrected chi connectivity index (χ2v) is 5.25. The lowest BCUT2D eigenvalue weighted by molar-refractivity contribution is -0.121. The fourth-order valence-electron chi connectivity index (χ4n) is 2.00. The van der Waals surface area contributed by atoms with Crippen molar-refractivity contribution in [2.24, 2.45) is 0 Å². The molecular weight excluding hydrogens is 297 g/mol. The third kappa shape index (κ3) is 4.81. The average molecular weight is 315 g/mol. The predicted molar refractivity (Wildman–Crippen MR) is 86.5 cm³/mol. The summed E-state index contributed by atoms with van der Waals surface area (Å²) >= 11 is 0. The van der Waals surface area contributed by atoms with Crippen LogP contribution in [0.3, 0.4) is 0 Å². The number of hydrazine groups is 1. The fourth-order valence-corrected chi connectivity index (χ4v) is 2.00. The van der Waals surface area contributed by atoms with Gasteiger partial charge in [-0.25, -0.2) is 4.39 Å². The number of amides is 2. The molecule has 2 amide bonds. The molecule has 2 aromatic carbocycles. The Labute approximate surface area is 134 Å². The number of benzene rings is 2. The molecule has 0 aliphatic heterocycles. The highest BCUT2D eigenvalue weighted by atomic mass is 19.1. The van der Waals surface area contributed by atoms with Crippen LogP contribution >= 0.6 is 0 Å². The van der Waals surface area contributed by atoms with Crippen LogP contribution in [0.15, 0.2) is 48.5 Å². The summed E-state index contributed by atoms with van der Waals surface area (Å²) < 4.78 is 13.1. The van der Waals surface area contributed by atoms with E-state index in [4.69, 9.17) is 0 Å². The molecule has 0 bridgehead atoms. The minimum Gasteiger partial charge on any atom is -0.378 e. The van der Waals surface area contributed by atoms with Crippen LogP contribution in [-0.2, 0) is 11.2 Å². The van der Waals surface area contributed by atoms with E-state index in [-0.39, 0.29) is 6.42 Å². The van der Waals surface area contributed by atoms with Gasteiger partial charge in [0.2, 0.25) is 5.91 Å². The normalized spacial score (nSPS) is 10.0. The molecule has 0 spiro atoms. The van der Waals surface area contributed by atoms with Gasteiger partial charge in [0, 0.05) is 25.3 Å². The molecule has 2 rings (SSSR count). The standard InChI is InChI=1S/C17H18FN3O2/c1-21(2)15-8-4-6-13(11-15)17(23)20-19-16(22)10-12-5-3-7-14(18)9-12/h3-9,11H,10H2,1-2H3,(H,19,22)(H,20,23). The van der Waals surface area contributed by atoms with E-state index >= 15 is 0 Å². The number of carbonyl (C=O) groups excluding carboxylic acids is 2. The summed E-state index contributed by atoms with van der Waals surface area (Å²) in [6.45, 7) is 0. The monoisotopic (exact) mass is 315 g/mol. The summed E-state index contributed by atoms with van der Waals surface area (Å²) in [5.74, 6) is -1.24. The zero-order valence-electron chi connectivity index (χ0n) is 13.0. The van der Waals surface area contributed by atoms with Crippen molar-refractivity contribution in [1.29, 1.82) is 0 Å². The number of anilines is 1. The Balaban J connectivity index is 1.91. The van der Waals surface area contributed by atoms with Gasteiger partial charge in [0.15, 0.2) is 0 Å². The summed E-state index contributed by atoms with van der Waals surface area (Å²) in [5, 5.41) is 0. The largest absolute Gasteiger partial charge is 0.378 e. The summed E-state index contributed by atoms with van der Waals surface area (Å²) in [7, 11) is 3.75. The maximum atomic E-state index is 13.1. The minimum atomic E-state index is -0.423. The molecule has 6 heteroatoms. The Hall–Kier alpha value is -2.89. The van der Waals surface area contributed by atoms with Gasteiger partial charge in [-0.1, -0.05) is 18.2 Å². The number of hydrogen-bond donors (Lipinski definition) is 2. The zero-order valence-corrected chi connectivity index (χ0v) is 13.0. The first-order chi connectivity index (χ1) is 11.0. The first-order valence-corrected chi connectivity index (χ1v) is 7.07. The molecule has 0 aliphatic carbocycles. The van der Waals surface area contributed by atoms with Crippen molar-refractivity contribution in [1.82, 2.24) is 10.9 Å². The topological polar surface area (TPSA) is 61.4 Å². The van der Waals surface area contributed by atoms with Crippen LogP contribution in [0.2, 0.25) is 0 Å². The summed E-state index contributed by atoms with van der Waals surface area (Å²) in [5.41, 5.74) is 6.52. The highest BCUT2D eigenvalue weighted by Gasteiger charge is 2.09. The van der Waals surface area contributed by atoms with Crippen LogP contribution < -0.4 is 15.8 Å². The van der Waals surface area contributed by atoms with Gasteiger partial charge in [-0.2, -0.15) is 0 Å². The molecule has 0 radical (unpaired) electrons. The molecule has 5 nitrogen and oxygen atoms in total. The Morgan fingerprint density at radius 2 is 1.78 bits per heavy atom. The molecule has 120 valence electrons. The van der Waals surface area contributed by atoms with Crippen molar-refractivity contribution in [2.75, 3.05) is 19.0 Å². The minimum absolute atomic E-state index is 0.0181. The molecule has 0 atom stereocenters. The van der Waals surface area contributed by atoms with Gasteiger partial charge in [-0.3, -0.25) is 20.4 Å². The number of nitrogens with zero attached hydrogens (tertiary/aromatic N) is 1. The van der Waals surface area contributed by atoms with Crippen LogP contribution in [0.5, 0.6) is 0 Å². The van der Waals surface area contributed by atoms with Gasteiger partial charge in [0.1, 0.15) is 5.82 Å². The molecule has 0 aromatic heterocycles. The molecule has 0 fully saturated rings. The molecule has 0 heterocycles. The Morgan fingerprint density at radius 3 is 2.48 bits per heavy atom. The van der Waals surface area contributed by atoms with E-state index in [9.17, 15) is 14.0 Å². The van der Waals surface area contributed by atoms with Crippen molar-refractivity contribution < 1.29 is 14.0 Å². The van der Waals surface area contributed by atoms with Crippen LogP contribution in [0.1, 0.15) is 15.9 Å². The van der Waals surface area contributed by atoms with E-state index in [1.54, 1.807) is 24.3 Å². The van der Waals surface area contributed by atoms with Crippen molar-refractivity contribution >= 4 is 17.5 Å². The van der Waals surface area contributed by atoms with Gasteiger partial charge in [-0.15, -0.1) is 0 Å². The van der Waals surface area contributed by atoms with Crippen molar-refractivity contribution in [3.63, 3.8) is 0 Å². The second-order valence-electron chi connectivity index (χ2n) is 5.25. The third-order valence-electron chi connectivity index (χ3n) is 3.19. The molecule has 23 heavy (non-hydrogen) atoms. The lowest BCUT2D eigenvalue weighted by Crippen LogP contribution is -2.42. The number of hydrogen-bond acceptors (Lipinski definition) is 3. The van der Waals surface area contributed by atoms with Crippen molar-refractivity contribution in [3.8, 4) is 0 Å². The van der Waals surface area contributed by atoms with Gasteiger partial charge in [-0.05, 0) is 35.9 Å². The van der Waals surface area contributed by atoms with Crippen molar-refractivity contribution in [2.45, 2.75) is 6.42 Å². The summed E-state index contributed by atoms with van der Waals surface area (Å²) in [4.78, 5) is 25.7. The summed E-state index contributed by atoms with van der Waals surface area (Å²) in [6.07, 6.45) is -0.0181. The Kier molecular flexibility index (Phi) is 5.30. The first kappa shape index (κ1) is 16.5. The fraction of sp³-hybridized carbons (Fsp3) is 0.176. The van der Waals surface area contributed by atoms with Gasteiger partial charge < -0.3 is 4.90 Å². The van der Waals surface area contributed by atoms with E-state index in [1.807, 2.05) is 25.1 Å². The van der Waals surface area contributed by atoms with Crippen LogP contribution in [-0.4, -0.2) is 25.9 Å².